The van der Waals surface area contributed by atoms with Gasteiger partial charge in [-0.05, 0) is 26.2 Å². The number of hydrogen-bond donors (Lipinski definition) is 10. The lowest BCUT2D eigenvalue weighted by Gasteiger charge is -2.26. The second-order valence-corrected chi connectivity index (χ2v) is 7.85. The molecule has 0 radical (unpaired) electrons. The van der Waals surface area contributed by atoms with Gasteiger partial charge in [-0.15, -0.1) is 0 Å². The average Bonchev–Trinajstić information content (AvgIpc) is 2.75. The number of amides is 4. The number of carboxylic acids is 2. The summed E-state index contributed by atoms with van der Waals surface area (Å²) >= 11 is 0. The van der Waals surface area contributed by atoms with Crippen molar-refractivity contribution >= 4 is 41.5 Å². The van der Waals surface area contributed by atoms with Crippen molar-refractivity contribution in [3.63, 3.8) is 0 Å². The summed E-state index contributed by atoms with van der Waals surface area (Å²) < 4.78 is 0. The van der Waals surface area contributed by atoms with Gasteiger partial charge in [0.05, 0.1) is 18.6 Å². The second kappa shape index (κ2) is 15.8. The van der Waals surface area contributed by atoms with E-state index in [-0.39, 0.29) is 38.2 Å². The molecule has 0 aliphatic rings. The highest BCUT2D eigenvalue weighted by Crippen LogP contribution is 2.05. The van der Waals surface area contributed by atoms with Gasteiger partial charge in [-0.3, -0.25) is 29.0 Å². The highest BCUT2D eigenvalue weighted by Gasteiger charge is 2.32. The van der Waals surface area contributed by atoms with Crippen LogP contribution in [0.5, 0.6) is 0 Å². The number of carbonyl (C=O) groups is 6. The smallest absolute Gasteiger partial charge is 0.326 e. The summed E-state index contributed by atoms with van der Waals surface area (Å²) in [5.41, 5.74) is 21.1. The summed E-state index contributed by atoms with van der Waals surface area (Å²) in [7, 11) is 0. The van der Waals surface area contributed by atoms with Gasteiger partial charge in [0.1, 0.15) is 18.1 Å². The molecule has 0 rings (SSSR count). The lowest BCUT2D eigenvalue weighted by molar-refractivity contribution is -0.147. The van der Waals surface area contributed by atoms with Crippen LogP contribution >= 0.6 is 0 Å². The Kier molecular flexibility index (Phi) is 14.1. The van der Waals surface area contributed by atoms with Crippen LogP contribution in [0.3, 0.4) is 0 Å². The lowest BCUT2D eigenvalue weighted by atomic mass is 10.1. The Morgan fingerprint density at radius 2 is 1.44 bits per heavy atom. The third-order valence-corrected chi connectivity index (χ3v) is 4.67. The largest absolute Gasteiger partial charge is 0.481 e. The minimum atomic E-state index is -1.79. The van der Waals surface area contributed by atoms with Gasteiger partial charge in [0, 0.05) is 13.0 Å². The van der Waals surface area contributed by atoms with Crippen LogP contribution in [0.2, 0.25) is 0 Å². The Hall–Kier alpha value is -3.99. The fraction of sp³-hybridized carbons (Fsp3) is 0.632. The first-order valence-electron chi connectivity index (χ1n) is 10.8. The van der Waals surface area contributed by atoms with Crippen molar-refractivity contribution < 1.29 is 44.1 Å². The van der Waals surface area contributed by atoms with Gasteiger partial charge < -0.3 is 54.2 Å². The number of nitrogens with one attached hydrogen (secondary N) is 3. The quantitative estimate of drug-likeness (QED) is 0.0491. The van der Waals surface area contributed by atoms with Gasteiger partial charge in [0.25, 0.3) is 0 Å². The van der Waals surface area contributed by atoms with Crippen molar-refractivity contribution in [3.8, 4) is 0 Å². The highest BCUT2D eigenvalue weighted by atomic mass is 16.4. The number of rotatable bonds is 17. The van der Waals surface area contributed by atoms with Crippen LogP contribution in [-0.2, 0) is 28.8 Å². The van der Waals surface area contributed by atoms with E-state index in [1.807, 2.05) is 5.32 Å². The molecule has 204 valence electrons. The number of nitrogens with zero attached hydrogens (tertiary/aromatic N) is 1. The maximum absolute atomic E-state index is 12.8. The molecular formula is C19H34N8O9. The Bertz CT molecular complexity index is 845. The molecule has 0 aromatic carbocycles. The Labute approximate surface area is 206 Å². The zero-order valence-corrected chi connectivity index (χ0v) is 19.7. The molecule has 17 nitrogen and oxygen atoms in total. The molecule has 0 aromatic rings. The molecule has 0 fully saturated rings. The molecule has 4 amide bonds. The molecule has 36 heavy (non-hydrogen) atoms. The summed E-state index contributed by atoms with van der Waals surface area (Å²) in [4.78, 5) is 74.6. The van der Waals surface area contributed by atoms with E-state index in [2.05, 4.69) is 15.6 Å². The summed E-state index contributed by atoms with van der Waals surface area (Å²) in [6, 6.07) is -6.01. The van der Waals surface area contributed by atoms with E-state index in [1.165, 1.54) is 6.92 Å². The Morgan fingerprint density at radius 1 is 0.861 bits per heavy atom. The number of primary amides is 1. The Morgan fingerprint density at radius 3 is 1.92 bits per heavy atom. The van der Waals surface area contributed by atoms with E-state index in [0.29, 0.717) is 0 Å². The summed E-state index contributed by atoms with van der Waals surface area (Å²) in [6.07, 6.45) is -2.68. The predicted molar refractivity (Wildman–Crippen MR) is 124 cm³/mol. The van der Waals surface area contributed by atoms with Crippen molar-refractivity contribution in [1.29, 1.82) is 0 Å². The second-order valence-electron chi connectivity index (χ2n) is 7.85. The van der Waals surface area contributed by atoms with Crippen molar-refractivity contribution in [3.05, 3.63) is 0 Å². The van der Waals surface area contributed by atoms with E-state index in [0.717, 1.165) is 0 Å². The van der Waals surface area contributed by atoms with Crippen LogP contribution in [0.15, 0.2) is 4.99 Å². The maximum Gasteiger partial charge on any atom is 0.326 e. The fourth-order valence-electron chi connectivity index (χ4n) is 2.78. The van der Waals surface area contributed by atoms with Gasteiger partial charge in [0.2, 0.25) is 23.6 Å². The fourth-order valence-corrected chi connectivity index (χ4v) is 2.78. The normalized spacial score (nSPS) is 14.8. The first kappa shape index (κ1) is 32.0. The van der Waals surface area contributed by atoms with Crippen molar-refractivity contribution in [2.24, 2.45) is 27.9 Å². The molecule has 0 aliphatic carbocycles. The van der Waals surface area contributed by atoms with Crippen LogP contribution in [0, 0.1) is 0 Å². The molecule has 0 heterocycles. The predicted octanol–water partition coefficient (Wildman–Crippen LogP) is -4.97. The first-order valence-corrected chi connectivity index (χ1v) is 10.8. The molecule has 0 saturated heterocycles. The van der Waals surface area contributed by atoms with E-state index in [4.69, 9.17) is 33.1 Å². The lowest BCUT2D eigenvalue weighted by Crippen LogP contribution is -2.59. The van der Waals surface area contributed by atoms with Gasteiger partial charge in [-0.2, -0.15) is 0 Å². The third kappa shape index (κ3) is 13.0. The number of guanidine groups is 1. The molecule has 5 atom stereocenters. The van der Waals surface area contributed by atoms with Crippen LogP contribution in [0.4, 0.5) is 0 Å². The summed E-state index contributed by atoms with van der Waals surface area (Å²) in [5, 5.41) is 34.5. The minimum Gasteiger partial charge on any atom is -0.481 e. The van der Waals surface area contributed by atoms with Crippen molar-refractivity contribution in [2.75, 3.05) is 6.54 Å². The third-order valence-electron chi connectivity index (χ3n) is 4.67. The SMILES string of the molecule is CC(O)C(NC(=O)C(N)CCC(N)=O)C(=O)NC(CCCN=C(N)N)C(=O)NC(CC(=O)O)C(=O)O. The number of carbonyl (C=O) groups excluding carboxylic acids is 4. The van der Waals surface area contributed by atoms with Crippen LogP contribution in [-0.4, -0.2) is 93.7 Å². The first-order chi connectivity index (χ1) is 16.6. The molecule has 0 aliphatic heterocycles. The van der Waals surface area contributed by atoms with Gasteiger partial charge in [-0.1, -0.05) is 0 Å². The standard InChI is InChI=1S/C19H34N8O9/c1-8(28)14(27-15(32)9(20)4-5-12(21)29)17(34)25-10(3-2-6-24-19(22)23)16(33)26-11(18(35)36)7-13(30)31/h8-11,14,28H,2-7,20H2,1H3,(H2,21,29)(H,25,34)(H,26,33)(H,27,32)(H,30,31)(H,35,36)(H4,22,23,24). The molecule has 14 N–H and O–H groups in total. The molecule has 0 aromatic heterocycles. The van der Waals surface area contributed by atoms with Crippen LogP contribution < -0.4 is 38.9 Å². The number of nitrogens with two attached hydrogens (primary N) is 4. The molecule has 0 spiro atoms. The topological polar surface area (TPSA) is 316 Å². The highest BCUT2D eigenvalue weighted by molar-refractivity contribution is 5.95. The molecule has 0 bridgehead atoms. The van der Waals surface area contributed by atoms with Crippen molar-refractivity contribution in [2.45, 2.75) is 69.3 Å². The van der Waals surface area contributed by atoms with Gasteiger partial charge in [0.15, 0.2) is 5.96 Å². The number of aliphatic hydroxyl groups is 1. The van der Waals surface area contributed by atoms with E-state index < -0.39 is 72.3 Å². The number of aliphatic carboxylic acids is 2. The van der Waals surface area contributed by atoms with Crippen molar-refractivity contribution in [1.82, 2.24) is 16.0 Å². The van der Waals surface area contributed by atoms with Gasteiger partial charge >= 0.3 is 11.9 Å². The Balaban J connectivity index is 5.56. The maximum atomic E-state index is 12.8. The minimum absolute atomic E-state index is 0.0464. The zero-order chi connectivity index (χ0) is 28.0. The summed E-state index contributed by atoms with van der Waals surface area (Å²) in [5.74, 6) is -6.95. The van der Waals surface area contributed by atoms with E-state index in [9.17, 15) is 33.9 Å². The molecule has 5 unspecified atom stereocenters. The van der Waals surface area contributed by atoms with E-state index in [1.54, 1.807) is 0 Å². The van der Waals surface area contributed by atoms with Gasteiger partial charge in [-0.25, -0.2) is 4.79 Å². The van der Waals surface area contributed by atoms with Crippen LogP contribution in [0.25, 0.3) is 0 Å². The monoisotopic (exact) mass is 518 g/mol. The number of aliphatic hydroxyl groups excluding tert-OH is 1. The van der Waals surface area contributed by atoms with E-state index >= 15 is 0 Å². The zero-order valence-electron chi connectivity index (χ0n) is 19.7. The van der Waals surface area contributed by atoms with Crippen LogP contribution in [0.1, 0.15) is 39.0 Å². The molecule has 0 saturated carbocycles. The molecular weight excluding hydrogens is 484 g/mol. The average molecular weight is 519 g/mol. The molecule has 17 heteroatoms. The number of hydrogen-bond acceptors (Lipinski definition) is 9. The number of carboxylic acid groups (broad SMARTS) is 2. The number of aliphatic imine (C=N–C) groups is 1. The summed E-state index contributed by atoms with van der Waals surface area (Å²) in [6.45, 7) is 1.23.